The van der Waals surface area contributed by atoms with Crippen LogP contribution in [0.2, 0.25) is 0 Å². The average Bonchev–Trinajstić information content (AvgIpc) is 3.37. The number of amides is 1. The van der Waals surface area contributed by atoms with Gasteiger partial charge in [-0.3, -0.25) is 9.69 Å². The summed E-state index contributed by atoms with van der Waals surface area (Å²) in [7, 11) is 0. The lowest BCUT2D eigenvalue weighted by Gasteiger charge is -2.36. The summed E-state index contributed by atoms with van der Waals surface area (Å²) in [5.41, 5.74) is -0.518. The molecule has 1 atom stereocenters. The monoisotopic (exact) mass is 488 g/mol. The molecular weight excluding hydrogens is 461 g/mol. The number of halogens is 3. The average molecular weight is 489 g/mol. The summed E-state index contributed by atoms with van der Waals surface area (Å²) in [6.45, 7) is 4.82. The van der Waals surface area contributed by atoms with Gasteiger partial charge in [-0.15, -0.1) is 0 Å². The summed E-state index contributed by atoms with van der Waals surface area (Å²) in [4.78, 5) is 20.8. The van der Waals surface area contributed by atoms with Crippen LogP contribution in [0.3, 0.4) is 0 Å². The Balaban J connectivity index is 1.25. The first-order valence-corrected chi connectivity index (χ1v) is 11.5. The molecule has 1 amide bonds. The topological polar surface area (TPSA) is 71.7 Å². The van der Waals surface area contributed by atoms with Gasteiger partial charge in [0.25, 0.3) is 0 Å². The zero-order valence-corrected chi connectivity index (χ0v) is 19.4. The van der Waals surface area contributed by atoms with Crippen LogP contribution >= 0.6 is 0 Å². The Morgan fingerprint density at radius 1 is 1.09 bits per heavy atom. The maximum Gasteiger partial charge on any atom is 0.416 e. The summed E-state index contributed by atoms with van der Waals surface area (Å²) in [5.74, 6) is 1.33. The Morgan fingerprint density at radius 2 is 1.83 bits per heavy atom. The molecule has 3 aromatic rings. The van der Waals surface area contributed by atoms with Gasteiger partial charge in [0.05, 0.1) is 18.2 Å². The van der Waals surface area contributed by atoms with Gasteiger partial charge in [-0.1, -0.05) is 35.5 Å². The van der Waals surface area contributed by atoms with E-state index in [0.29, 0.717) is 51.5 Å². The van der Waals surface area contributed by atoms with Crippen molar-refractivity contribution < 1.29 is 27.2 Å². The van der Waals surface area contributed by atoms with Crippen molar-refractivity contribution in [3.05, 3.63) is 66.1 Å². The number of benzene rings is 2. The van der Waals surface area contributed by atoms with Crippen LogP contribution in [-0.2, 0) is 11.0 Å². The molecule has 2 aromatic carbocycles. The maximum atomic E-state index is 13.0. The molecule has 186 valence electrons. The summed E-state index contributed by atoms with van der Waals surface area (Å²) >= 11 is 0. The molecule has 10 heteroatoms. The predicted molar refractivity (Wildman–Crippen MR) is 122 cm³/mol. The summed E-state index contributed by atoms with van der Waals surface area (Å²) in [6.07, 6.45) is -3.38. The van der Waals surface area contributed by atoms with E-state index < -0.39 is 11.7 Å². The molecule has 2 heterocycles. The first-order chi connectivity index (χ1) is 16.8. The van der Waals surface area contributed by atoms with Gasteiger partial charge < -0.3 is 14.2 Å². The number of hydrogen-bond acceptors (Lipinski definition) is 6. The summed E-state index contributed by atoms with van der Waals surface area (Å²) in [6, 6.07) is 14.1. The molecule has 1 unspecified atom stereocenters. The fourth-order valence-electron chi connectivity index (χ4n) is 3.96. The van der Waals surface area contributed by atoms with Crippen molar-refractivity contribution in [2.24, 2.45) is 0 Å². The highest BCUT2D eigenvalue weighted by Gasteiger charge is 2.31. The molecule has 1 fully saturated rings. The quantitative estimate of drug-likeness (QED) is 0.424. The minimum Gasteiger partial charge on any atom is -0.494 e. The molecule has 4 rings (SSSR count). The smallest absolute Gasteiger partial charge is 0.416 e. The number of rotatable bonds is 8. The SMILES string of the molecule is CC(c1nc(-c2cccc(C(F)(F)F)c2)no1)N1CCN(C(=O)CCCOc2ccccc2)CC1. The number of alkyl halides is 3. The Morgan fingerprint density at radius 3 is 2.54 bits per heavy atom. The van der Waals surface area contributed by atoms with E-state index in [-0.39, 0.29) is 23.3 Å². The van der Waals surface area contributed by atoms with Gasteiger partial charge in [0.2, 0.25) is 17.6 Å². The summed E-state index contributed by atoms with van der Waals surface area (Å²) < 4.78 is 50.0. The lowest BCUT2D eigenvalue weighted by molar-refractivity contribution is -0.137. The van der Waals surface area contributed by atoms with Crippen molar-refractivity contribution >= 4 is 5.91 Å². The molecule has 0 bridgehead atoms. The van der Waals surface area contributed by atoms with Crippen LogP contribution in [0.1, 0.15) is 37.3 Å². The highest BCUT2D eigenvalue weighted by Crippen LogP contribution is 2.32. The van der Waals surface area contributed by atoms with Crippen molar-refractivity contribution in [2.45, 2.75) is 32.0 Å². The second-order valence-electron chi connectivity index (χ2n) is 8.39. The molecule has 0 spiro atoms. The standard InChI is InChI=1S/C25H27F3N4O3/c1-18(24-29-23(30-35-24)19-7-5-8-20(17-19)25(26,27)28)31-12-14-32(15-13-31)22(33)11-6-16-34-21-9-3-2-4-10-21/h2-5,7-10,17-18H,6,11-16H2,1H3. The number of ether oxygens (including phenoxy) is 1. The molecule has 0 aliphatic carbocycles. The van der Waals surface area contributed by atoms with Crippen molar-refractivity contribution in [2.75, 3.05) is 32.8 Å². The molecule has 0 radical (unpaired) electrons. The Hall–Kier alpha value is -3.40. The third kappa shape index (κ3) is 6.39. The molecule has 0 saturated carbocycles. The van der Waals surface area contributed by atoms with Crippen LogP contribution in [0.5, 0.6) is 5.75 Å². The number of carbonyl (C=O) groups is 1. The molecule has 1 aromatic heterocycles. The van der Waals surface area contributed by atoms with E-state index in [1.54, 1.807) is 0 Å². The van der Waals surface area contributed by atoms with Crippen LogP contribution in [-0.4, -0.2) is 58.6 Å². The van der Waals surface area contributed by atoms with Gasteiger partial charge in [0.1, 0.15) is 5.75 Å². The third-order valence-electron chi connectivity index (χ3n) is 6.01. The molecule has 1 aliphatic rings. The zero-order valence-electron chi connectivity index (χ0n) is 19.4. The van der Waals surface area contributed by atoms with Gasteiger partial charge in [-0.2, -0.15) is 18.2 Å². The lowest BCUT2D eigenvalue weighted by atomic mass is 10.1. The van der Waals surface area contributed by atoms with Crippen molar-refractivity contribution in [3.63, 3.8) is 0 Å². The molecule has 1 saturated heterocycles. The zero-order chi connectivity index (χ0) is 24.8. The Labute approximate surface area is 201 Å². The second-order valence-corrected chi connectivity index (χ2v) is 8.39. The predicted octanol–water partition coefficient (Wildman–Crippen LogP) is 4.82. The second kappa shape index (κ2) is 10.9. The van der Waals surface area contributed by atoms with Gasteiger partial charge in [-0.05, 0) is 37.6 Å². The first-order valence-electron chi connectivity index (χ1n) is 11.5. The number of para-hydroxylation sites is 1. The molecule has 1 aliphatic heterocycles. The lowest BCUT2D eigenvalue weighted by Crippen LogP contribution is -2.49. The van der Waals surface area contributed by atoms with Gasteiger partial charge in [0, 0.05) is 38.2 Å². The summed E-state index contributed by atoms with van der Waals surface area (Å²) in [5, 5.41) is 3.88. The number of piperazine rings is 1. The van der Waals surface area contributed by atoms with E-state index in [4.69, 9.17) is 9.26 Å². The Kier molecular flexibility index (Phi) is 7.70. The van der Waals surface area contributed by atoms with E-state index in [2.05, 4.69) is 15.0 Å². The van der Waals surface area contributed by atoms with Crippen molar-refractivity contribution in [1.29, 1.82) is 0 Å². The third-order valence-corrected chi connectivity index (χ3v) is 6.01. The minimum atomic E-state index is -4.44. The van der Waals surface area contributed by atoms with Crippen molar-refractivity contribution in [3.8, 4) is 17.1 Å². The van der Waals surface area contributed by atoms with Gasteiger partial charge in [0.15, 0.2) is 0 Å². The van der Waals surface area contributed by atoms with E-state index in [9.17, 15) is 18.0 Å². The number of carbonyl (C=O) groups excluding carboxylic acids is 1. The van der Waals surface area contributed by atoms with Crippen LogP contribution in [0, 0.1) is 0 Å². The van der Waals surface area contributed by atoms with Crippen LogP contribution in [0.25, 0.3) is 11.4 Å². The van der Waals surface area contributed by atoms with E-state index in [1.165, 1.54) is 12.1 Å². The van der Waals surface area contributed by atoms with Gasteiger partial charge >= 0.3 is 6.18 Å². The normalized spacial score (nSPS) is 15.7. The number of hydrogen-bond donors (Lipinski definition) is 0. The van der Waals surface area contributed by atoms with Crippen LogP contribution in [0.15, 0.2) is 59.1 Å². The maximum absolute atomic E-state index is 13.0. The van der Waals surface area contributed by atoms with Crippen LogP contribution < -0.4 is 4.74 Å². The van der Waals surface area contributed by atoms with E-state index >= 15 is 0 Å². The first kappa shape index (κ1) is 24.7. The van der Waals surface area contributed by atoms with E-state index in [0.717, 1.165) is 17.9 Å². The van der Waals surface area contributed by atoms with Gasteiger partial charge in [-0.25, -0.2) is 0 Å². The van der Waals surface area contributed by atoms with Crippen LogP contribution in [0.4, 0.5) is 13.2 Å². The highest BCUT2D eigenvalue weighted by atomic mass is 19.4. The fraction of sp³-hybridized carbons (Fsp3) is 0.400. The molecule has 7 nitrogen and oxygen atoms in total. The molecular formula is C25H27F3N4O3. The molecule has 0 N–H and O–H groups in total. The number of aromatic nitrogens is 2. The Bertz CT molecular complexity index is 1110. The number of nitrogens with zero attached hydrogens (tertiary/aromatic N) is 4. The fourth-order valence-corrected chi connectivity index (χ4v) is 3.96. The van der Waals surface area contributed by atoms with Crippen molar-refractivity contribution in [1.82, 2.24) is 19.9 Å². The highest BCUT2D eigenvalue weighted by molar-refractivity contribution is 5.76. The minimum absolute atomic E-state index is 0.0959. The molecule has 35 heavy (non-hydrogen) atoms. The van der Waals surface area contributed by atoms with E-state index in [1.807, 2.05) is 42.2 Å². The largest absolute Gasteiger partial charge is 0.494 e.